The first-order valence-corrected chi connectivity index (χ1v) is 7.85. The Bertz CT molecular complexity index is 871. The normalized spacial score (nSPS) is 10.9. The van der Waals surface area contributed by atoms with Crippen LogP contribution in [0.2, 0.25) is 0 Å². The van der Waals surface area contributed by atoms with E-state index in [1.165, 1.54) is 13.3 Å². The minimum Gasteiger partial charge on any atom is -0.504 e. The number of ether oxygens (including phenoxy) is 1. The van der Waals surface area contributed by atoms with Crippen molar-refractivity contribution >= 4 is 23.5 Å². The summed E-state index contributed by atoms with van der Waals surface area (Å²) >= 11 is 1.55. The average Bonchev–Trinajstić information content (AvgIpc) is 3.27. The second kappa shape index (κ2) is 6.97. The number of hydrogen-bond acceptors (Lipinski definition) is 6. The number of phenolic OH excluding ortho intramolecular Hbond substituents is 1. The number of aromatic nitrogens is 2. The van der Waals surface area contributed by atoms with Crippen LogP contribution in [0.3, 0.4) is 0 Å². The zero-order chi connectivity index (χ0) is 16.9. The van der Waals surface area contributed by atoms with Gasteiger partial charge < -0.3 is 9.84 Å². The Morgan fingerprint density at radius 2 is 2.29 bits per heavy atom. The van der Waals surface area contributed by atoms with Gasteiger partial charge in [-0.25, -0.2) is 5.43 Å². The third-order valence-corrected chi connectivity index (χ3v) is 4.12. The Hall–Kier alpha value is -3.13. The summed E-state index contributed by atoms with van der Waals surface area (Å²) in [6, 6.07) is 10.5. The molecule has 2 aromatic heterocycles. The number of rotatable bonds is 5. The van der Waals surface area contributed by atoms with E-state index >= 15 is 0 Å². The first-order chi connectivity index (χ1) is 11.7. The molecular weight excluding hydrogens is 328 g/mol. The van der Waals surface area contributed by atoms with Crippen LogP contribution >= 0.6 is 11.3 Å². The van der Waals surface area contributed by atoms with Gasteiger partial charge in [-0.2, -0.15) is 10.2 Å². The van der Waals surface area contributed by atoms with Crippen LogP contribution in [0.4, 0.5) is 0 Å². The van der Waals surface area contributed by atoms with Crippen LogP contribution in [-0.2, 0) is 0 Å². The standard InChI is InChI=1S/C16H14N4O3S/c1-23-13-5-2-4-10(15(13)21)9-17-20-16(22)12-8-11(18-19-12)14-6-3-7-24-14/h2-9,21H,1H3,(H,18,19)(H,20,22)/b17-9-. The van der Waals surface area contributed by atoms with Crippen LogP contribution in [0.1, 0.15) is 16.1 Å². The molecule has 7 nitrogen and oxygen atoms in total. The van der Waals surface area contributed by atoms with Crippen molar-refractivity contribution in [3.63, 3.8) is 0 Å². The fourth-order valence-electron chi connectivity index (χ4n) is 2.02. The maximum Gasteiger partial charge on any atom is 0.291 e. The number of carbonyl (C=O) groups excluding carboxylic acids is 1. The van der Waals surface area contributed by atoms with Gasteiger partial charge in [-0.05, 0) is 29.6 Å². The molecule has 0 fully saturated rings. The molecule has 3 N–H and O–H groups in total. The van der Waals surface area contributed by atoms with Crippen LogP contribution in [-0.4, -0.2) is 34.5 Å². The monoisotopic (exact) mass is 342 g/mol. The second-order valence-electron chi connectivity index (χ2n) is 4.74. The molecule has 0 aliphatic heterocycles. The van der Waals surface area contributed by atoms with Crippen LogP contribution < -0.4 is 10.2 Å². The smallest absolute Gasteiger partial charge is 0.291 e. The quantitative estimate of drug-likeness (QED) is 0.490. The minimum atomic E-state index is -0.451. The lowest BCUT2D eigenvalue weighted by atomic mass is 10.2. The minimum absolute atomic E-state index is 0.0437. The highest BCUT2D eigenvalue weighted by atomic mass is 32.1. The summed E-state index contributed by atoms with van der Waals surface area (Å²) in [4.78, 5) is 13.0. The Balaban J connectivity index is 1.68. The Morgan fingerprint density at radius 1 is 1.42 bits per heavy atom. The van der Waals surface area contributed by atoms with Crippen molar-refractivity contribution in [2.24, 2.45) is 5.10 Å². The van der Waals surface area contributed by atoms with Gasteiger partial charge in [-0.3, -0.25) is 9.89 Å². The maximum absolute atomic E-state index is 12.0. The number of hydrazone groups is 1. The van der Waals surface area contributed by atoms with Crippen LogP contribution in [0, 0.1) is 0 Å². The maximum atomic E-state index is 12.0. The largest absolute Gasteiger partial charge is 0.504 e. The number of hydrogen-bond donors (Lipinski definition) is 3. The molecule has 0 saturated carbocycles. The van der Waals surface area contributed by atoms with E-state index < -0.39 is 5.91 Å². The summed E-state index contributed by atoms with van der Waals surface area (Å²) in [5.74, 6) is -0.163. The molecule has 3 aromatic rings. The number of amides is 1. The number of carbonyl (C=O) groups is 1. The first-order valence-electron chi connectivity index (χ1n) is 6.97. The summed E-state index contributed by atoms with van der Waals surface area (Å²) in [7, 11) is 1.46. The van der Waals surface area contributed by atoms with Gasteiger partial charge in [0.05, 0.1) is 23.9 Å². The molecule has 0 unspecified atom stereocenters. The average molecular weight is 342 g/mol. The molecule has 0 spiro atoms. The highest BCUT2D eigenvalue weighted by molar-refractivity contribution is 7.13. The van der Waals surface area contributed by atoms with Gasteiger partial charge in [-0.1, -0.05) is 12.1 Å². The predicted octanol–water partition coefficient (Wildman–Crippen LogP) is 2.62. The summed E-state index contributed by atoms with van der Waals surface area (Å²) in [5, 5.41) is 22.5. The van der Waals surface area contributed by atoms with E-state index in [0.717, 1.165) is 10.6 Å². The SMILES string of the molecule is COc1cccc(/C=N\NC(=O)c2cc(-c3cccs3)[nH]n2)c1O. The van der Waals surface area contributed by atoms with Gasteiger partial charge in [0.25, 0.3) is 5.91 Å². The second-order valence-corrected chi connectivity index (χ2v) is 5.69. The molecule has 0 aliphatic rings. The van der Waals surface area contributed by atoms with Gasteiger partial charge in [0.15, 0.2) is 17.2 Å². The molecule has 0 aliphatic carbocycles. The van der Waals surface area contributed by atoms with E-state index in [1.807, 2.05) is 17.5 Å². The topological polar surface area (TPSA) is 99.6 Å². The Morgan fingerprint density at radius 3 is 3.04 bits per heavy atom. The number of aromatic amines is 1. The Labute approximate surface area is 141 Å². The number of methoxy groups -OCH3 is 1. The van der Waals surface area contributed by atoms with Crippen molar-refractivity contribution in [1.82, 2.24) is 15.6 Å². The van der Waals surface area contributed by atoms with E-state index in [9.17, 15) is 9.90 Å². The van der Waals surface area contributed by atoms with Gasteiger partial charge >= 0.3 is 0 Å². The number of nitrogens with one attached hydrogen (secondary N) is 2. The lowest BCUT2D eigenvalue weighted by Gasteiger charge is -2.04. The molecule has 0 atom stereocenters. The molecule has 8 heteroatoms. The third kappa shape index (κ3) is 3.28. The molecule has 3 rings (SSSR count). The van der Waals surface area contributed by atoms with E-state index in [2.05, 4.69) is 20.7 Å². The number of H-pyrrole nitrogens is 1. The number of para-hydroxylation sites is 1. The van der Waals surface area contributed by atoms with Gasteiger partial charge in [-0.15, -0.1) is 11.3 Å². The Kier molecular flexibility index (Phi) is 4.57. The number of aromatic hydroxyl groups is 1. The summed E-state index contributed by atoms with van der Waals surface area (Å²) in [6.07, 6.45) is 1.34. The van der Waals surface area contributed by atoms with Crippen LogP contribution in [0.25, 0.3) is 10.6 Å². The van der Waals surface area contributed by atoms with Crippen molar-refractivity contribution in [3.05, 3.63) is 53.0 Å². The zero-order valence-corrected chi connectivity index (χ0v) is 13.5. The molecular formula is C16H14N4O3S. The van der Waals surface area contributed by atoms with Crippen LogP contribution in [0.15, 0.2) is 46.9 Å². The van der Waals surface area contributed by atoms with Crippen LogP contribution in [0.5, 0.6) is 11.5 Å². The molecule has 24 heavy (non-hydrogen) atoms. The highest BCUT2D eigenvalue weighted by Crippen LogP contribution is 2.28. The van der Waals surface area contributed by atoms with Crippen molar-refractivity contribution in [2.45, 2.75) is 0 Å². The number of phenols is 1. The first kappa shape index (κ1) is 15.8. The fourth-order valence-corrected chi connectivity index (χ4v) is 2.71. The highest BCUT2D eigenvalue weighted by Gasteiger charge is 2.11. The fraction of sp³-hybridized carbons (Fsp3) is 0.0625. The summed E-state index contributed by atoms with van der Waals surface area (Å²) in [6.45, 7) is 0. The van der Waals surface area contributed by atoms with Crippen molar-refractivity contribution in [2.75, 3.05) is 7.11 Å². The molecule has 0 bridgehead atoms. The summed E-state index contributed by atoms with van der Waals surface area (Å²) in [5.41, 5.74) is 3.79. The molecule has 0 radical (unpaired) electrons. The molecule has 1 aromatic carbocycles. The molecule has 0 saturated heterocycles. The van der Waals surface area contributed by atoms with Crippen molar-refractivity contribution < 1.29 is 14.6 Å². The number of thiophene rings is 1. The number of benzene rings is 1. The lowest BCUT2D eigenvalue weighted by molar-refractivity contribution is 0.0950. The molecule has 122 valence electrons. The van der Waals surface area contributed by atoms with E-state index in [1.54, 1.807) is 35.6 Å². The zero-order valence-electron chi connectivity index (χ0n) is 12.7. The van der Waals surface area contributed by atoms with Crippen molar-refractivity contribution in [1.29, 1.82) is 0 Å². The van der Waals surface area contributed by atoms with Gasteiger partial charge in [0.2, 0.25) is 0 Å². The molecule has 1 amide bonds. The predicted molar refractivity (Wildman–Crippen MR) is 91.6 cm³/mol. The van der Waals surface area contributed by atoms with Gasteiger partial charge in [0, 0.05) is 5.56 Å². The molecule has 2 heterocycles. The van der Waals surface area contributed by atoms with Crippen molar-refractivity contribution in [3.8, 4) is 22.1 Å². The number of nitrogens with zero attached hydrogens (tertiary/aromatic N) is 2. The van der Waals surface area contributed by atoms with E-state index in [4.69, 9.17) is 4.74 Å². The van der Waals surface area contributed by atoms with E-state index in [-0.39, 0.29) is 11.4 Å². The van der Waals surface area contributed by atoms with Gasteiger partial charge in [0.1, 0.15) is 0 Å². The lowest BCUT2D eigenvalue weighted by Crippen LogP contribution is -2.18. The third-order valence-electron chi connectivity index (χ3n) is 3.22. The van der Waals surface area contributed by atoms with E-state index in [0.29, 0.717) is 11.3 Å². The summed E-state index contributed by atoms with van der Waals surface area (Å²) < 4.78 is 5.01.